The third kappa shape index (κ3) is 5.70. The van der Waals surface area contributed by atoms with Gasteiger partial charge in [0.1, 0.15) is 5.75 Å². The maximum absolute atomic E-state index is 11.7. The van der Waals surface area contributed by atoms with Crippen LogP contribution < -0.4 is 5.32 Å². The van der Waals surface area contributed by atoms with Gasteiger partial charge in [0.2, 0.25) is 5.91 Å². The lowest BCUT2D eigenvalue weighted by Gasteiger charge is -2.08. The van der Waals surface area contributed by atoms with Crippen molar-refractivity contribution in [3.05, 3.63) is 28.7 Å². The Kier molecular flexibility index (Phi) is 5.70. The number of amides is 1. The Morgan fingerprint density at radius 1 is 1.40 bits per heavy atom. The van der Waals surface area contributed by atoms with Gasteiger partial charge in [-0.15, -0.1) is 0 Å². The number of rotatable bonds is 6. The van der Waals surface area contributed by atoms with Crippen molar-refractivity contribution in [2.75, 3.05) is 16.8 Å². The molecule has 0 bridgehead atoms. The van der Waals surface area contributed by atoms with Crippen LogP contribution in [0.2, 0.25) is 0 Å². The Morgan fingerprint density at radius 2 is 2.05 bits per heavy atom. The second kappa shape index (κ2) is 6.85. The van der Waals surface area contributed by atoms with E-state index in [9.17, 15) is 18.0 Å². The van der Waals surface area contributed by atoms with Gasteiger partial charge in [0.05, 0.1) is 11.7 Å². The number of hydrogen-bond acceptors (Lipinski definition) is 4. The fourth-order valence-corrected chi connectivity index (χ4v) is 3.37. The molecule has 1 unspecified atom stereocenters. The molecule has 0 aliphatic carbocycles. The first kappa shape index (κ1) is 16.6. The van der Waals surface area contributed by atoms with Gasteiger partial charge in [-0.05, 0) is 18.2 Å². The normalized spacial score (nSPS) is 12.7. The SMILES string of the molecule is CC(CS(=O)(=O)CC(=O)Nc1cccc(Br)c1)C(=O)O. The van der Waals surface area contributed by atoms with Gasteiger partial charge in [0.25, 0.3) is 0 Å². The van der Waals surface area contributed by atoms with E-state index in [4.69, 9.17) is 5.11 Å². The number of carboxylic acid groups (broad SMARTS) is 1. The predicted octanol–water partition coefficient (Wildman–Crippen LogP) is 1.52. The van der Waals surface area contributed by atoms with Crippen LogP contribution in [0.3, 0.4) is 0 Å². The summed E-state index contributed by atoms with van der Waals surface area (Å²) < 4.78 is 24.1. The number of benzene rings is 1. The lowest BCUT2D eigenvalue weighted by atomic mass is 10.2. The number of anilines is 1. The highest BCUT2D eigenvalue weighted by Gasteiger charge is 2.23. The molecule has 1 aromatic carbocycles. The minimum atomic E-state index is -3.76. The molecule has 0 radical (unpaired) electrons. The molecule has 0 saturated heterocycles. The van der Waals surface area contributed by atoms with Crippen LogP contribution in [-0.4, -0.2) is 36.9 Å². The molecule has 0 heterocycles. The highest BCUT2D eigenvalue weighted by molar-refractivity contribution is 9.10. The molecular formula is C12H14BrNO5S. The molecule has 0 spiro atoms. The fraction of sp³-hybridized carbons (Fsp3) is 0.333. The first-order valence-electron chi connectivity index (χ1n) is 5.68. The average Bonchev–Trinajstić information content (AvgIpc) is 2.26. The third-order valence-corrected chi connectivity index (χ3v) is 4.59. The van der Waals surface area contributed by atoms with Gasteiger partial charge >= 0.3 is 5.97 Å². The lowest BCUT2D eigenvalue weighted by Crippen LogP contribution is -2.29. The molecule has 6 nitrogen and oxygen atoms in total. The maximum atomic E-state index is 11.7. The van der Waals surface area contributed by atoms with Gasteiger partial charge < -0.3 is 10.4 Å². The largest absolute Gasteiger partial charge is 0.481 e. The van der Waals surface area contributed by atoms with Gasteiger partial charge in [-0.25, -0.2) is 8.42 Å². The van der Waals surface area contributed by atoms with E-state index in [1.165, 1.54) is 6.92 Å². The van der Waals surface area contributed by atoms with Crippen LogP contribution in [0.4, 0.5) is 5.69 Å². The van der Waals surface area contributed by atoms with E-state index < -0.39 is 39.1 Å². The van der Waals surface area contributed by atoms with Gasteiger partial charge in [0.15, 0.2) is 9.84 Å². The van der Waals surface area contributed by atoms with E-state index in [0.717, 1.165) is 4.47 Å². The summed E-state index contributed by atoms with van der Waals surface area (Å²) in [5, 5.41) is 11.1. The molecule has 2 N–H and O–H groups in total. The molecule has 1 rings (SSSR count). The Bertz CT molecular complexity index is 614. The summed E-state index contributed by atoms with van der Waals surface area (Å²) in [6, 6.07) is 6.71. The average molecular weight is 364 g/mol. The summed E-state index contributed by atoms with van der Waals surface area (Å²) in [7, 11) is -3.76. The molecule has 1 atom stereocenters. The zero-order valence-corrected chi connectivity index (χ0v) is 13.1. The Labute approximate surface area is 125 Å². The van der Waals surface area contributed by atoms with Crippen LogP contribution in [0.25, 0.3) is 0 Å². The van der Waals surface area contributed by atoms with Crippen LogP contribution in [-0.2, 0) is 19.4 Å². The van der Waals surface area contributed by atoms with Crippen molar-refractivity contribution < 1.29 is 23.1 Å². The zero-order chi connectivity index (χ0) is 15.3. The van der Waals surface area contributed by atoms with Crippen molar-refractivity contribution in [1.82, 2.24) is 0 Å². The number of carboxylic acids is 1. The van der Waals surface area contributed by atoms with Crippen LogP contribution in [0, 0.1) is 5.92 Å². The molecule has 110 valence electrons. The van der Waals surface area contributed by atoms with Crippen LogP contribution in [0.1, 0.15) is 6.92 Å². The Hall–Kier alpha value is -1.41. The monoisotopic (exact) mass is 363 g/mol. The zero-order valence-electron chi connectivity index (χ0n) is 10.7. The number of aliphatic carboxylic acids is 1. The van der Waals surface area contributed by atoms with E-state index in [-0.39, 0.29) is 0 Å². The molecule has 0 aromatic heterocycles. The number of sulfone groups is 1. The number of carbonyl (C=O) groups is 2. The van der Waals surface area contributed by atoms with E-state index in [1.807, 2.05) is 0 Å². The van der Waals surface area contributed by atoms with E-state index in [1.54, 1.807) is 24.3 Å². The summed E-state index contributed by atoms with van der Waals surface area (Å²) in [5.41, 5.74) is 0.464. The van der Waals surface area contributed by atoms with Gasteiger partial charge in [-0.1, -0.05) is 28.9 Å². The quantitative estimate of drug-likeness (QED) is 0.797. The van der Waals surface area contributed by atoms with Crippen molar-refractivity contribution >= 4 is 43.3 Å². The summed E-state index contributed by atoms with van der Waals surface area (Å²) in [6.45, 7) is 1.28. The first-order valence-corrected chi connectivity index (χ1v) is 8.30. The van der Waals surface area contributed by atoms with Crippen LogP contribution in [0.5, 0.6) is 0 Å². The summed E-state index contributed by atoms with van der Waals surface area (Å²) >= 11 is 3.23. The van der Waals surface area contributed by atoms with Crippen LogP contribution >= 0.6 is 15.9 Å². The van der Waals surface area contributed by atoms with Crippen LogP contribution in [0.15, 0.2) is 28.7 Å². The lowest BCUT2D eigenvalue weighted by molar-refractivity contribution is -0.140. The molecule has 1 aromatic rings. The Balaban J connectivity index is 2.64. The van der Waals surface area contributed by atoms with Gasteiger partial charge in [-0.3, -0.25) is 9.59 Å². The smallest absolute Gasteiger partial charge is 0.307 e. The van der Waals surface area contributed by atoms with Crippen molar-refractivity contribution in [2.45, 2.75) is 6.92 Å². The van der Waals surface area contributed by atoms with Gasteiger partial charge in [0, 0.05) is 10.2 Å². The first-order chi connectivity index (χ1) is 9.19. The minimum absolute atomic E-state index is 0.464. The molecule has 0 aliphatic rings. The molecule has 0 saturated carbocycles. The second-order valence-corrected chi connectivity index (χ2v) is 7.38. The topological polar surface area (TPSA) is 101 Å². The van der Waals surface area contributed by atoms with E-state index >= 15 is 0 Å². The number of nitrogens with one attached hydrogen (secondary N) is 1. The van der Waals surface area contributed by atoms with Gasteiger partial charge in [-0.2, -0.15) is 0 Å². The summed E-state index contributed by atoms with van der Waals surface area (Å²) in [5.74, 6) is -4.24. The molecule has 0 aliphatic heterocycles. The molecule has 8 heteroatoms. The number of hydrogen-bond donors (Lipinski definition) is 2. The van der Waals surface area contributed by atoms with E-state index in [2.05, 4.69) is 21.2 Å². The summed E-state index contributed by atoms with van der Waals surface area (Å²) in [4.78, 5) is 22.3. The third-order valence-electron chi connectivity index (χ3n) is 2.38. The molecule has 1 amide bonds. The Morgan fingerprint density at radius 3 is 2.60 bits per heavy atom. The molecule has 20 heavy (non-hydrogen) atoms. The highest BCUT2D eigenvalue weighted by atomic mass is 79.9. The number of carbonyl (C=O) groups excluding carboxylic acids is 1. The summed E-state index contributed by atoms with van der Waals surface area (Å²) in [6.07, 6.45) is 0. The number of halogens is 1. The van der Waals surface area contributed by atoms with Crippen molar-refractivity contribution in [1.29, 1.82) is 0 Å². The predicted molar refractivity (Wildman–Crippen MR) is 78.2 cm³/mol. The minimum Gasteiger partial charge on any atom is -0.481 e. The maximum Gasteiger partial charge on any atom is 0.307 e. The molecule has 0 fully saturated rings. The van der Waals surface area contributed by atoms with E-state index in [0.29, 0.717) is 5.69 Å². The second-order valence-electron chi connectivity index (χ2n) is 4.35. The standard InChI is InChI=1S/C12H14BrNO5S/c1-8(12(16)17)6-20(18,19)7-11(15)14-10-4-2-3-9(13)5-10/h2-5,8H,6-7H2,1H3,(H,14,15)(H,16,17). The van der Waals surface area contributed by atoms with Crippen molar-refractivity contribution in [3.63, 3.8) is 0 Å². The van der Waals surface area contributed by atoms with Crippen molar-refractivity contribution in [3.8, 4) is 0 Å². The van der Waals surface area contributed by atoms with Crippen molar-refractivity contribution in [2.24, 2.45) is 5.92 Å². The highest BCUT2D eigenvalue weighted by Crippen LogP contribution is 2.15. The molecular weight excluding hydrogens is 350 g/mol. The fourth-order valence-electron chi connectivity index (χ4n) is 1.47.